The van der Waals surface area contributed by atoms with Crippen LogP contribution in [0.25, 0.3) is 10.9 Å². The zero-order chi connectivity index (χ0) is 24.2. The van der Waals surface area contributed by atoms with Gasteiger partial charge in [0.05, 0.1) is 18.2 Å². The number of alkyl halides is 3. The van der Waals surface area contributed by atoms with Gasteiger partial charge in [0.2, 0.25) is 0 Å². The number of halogens is 3. The maximum absolute atomic E-state index is 13.8. The number of pyridine rings is 1. The molecule has 4 heterocycles. The second-order valence-electron chi connectivity index (χ2n) is 10.0. The van der Waals surface area contributed by atoms with Crippen LogP contribution >= 0.6 is 0 Å². The average Bonchev–Trinajstić information content (AvgIpc) is 3.15. The van der Waals surface area contributed by atoms with Gasteiger partial charge in [0, 0.05) is 23.9 Å². The molecular weight excluding hydrogens is 459 g/mol. The fraction of sp³-hybridized carbons (Fsp3) is 0.520. The second-order valence-corrected chi connectivity index (χ2v) is 10.0. The van der Waals surface area contributed by atoms with Gasteiger partial charge in [0.25, 0.3) is 5.56 Å². The quantitative estimate of drug-likeness (QED) is 0.535. The maximum atomic E-state index is 13.8. The largest absolute Gasteiger partial charge is 0.408 e. The predicted molar refractivity (Wildman–Crippen MR) is 126 cm³/mol. The van der Waals surface area contributed by atoms with Crippen molar-refractivity contribution < 1.29 is 17.9 Å². The van der Waals surface area contributed by atoms with Crippen molar-refractivity contribution in [2.24, 2.45) is 5.41 Å². The van der Waals surface area contributed by atoms with E-state index in [0.29, 0.717) is 36.6 Å². The van der Waals surface area contributed by atoms with Crippen LogP contribution in [0, 0.1) is 5.41 Å². The average molecular weight is 488 g/mol. The SMILES string of the molecule is O=c1[nH]ccc2c1c(Nc1ccc(C(N3CCCC3)C(F)(F)F)cc1)nn2C1CC12CCCOC2. The Morgan fingerprint density at radius 3 is 2.60 bits per heavy atom. The summed E-state index contributed by atoms with van der Waals surface area (Å²) in [7, 11) is 0. The molecule has 2 aliphatic heterocycles. The number of nitrogens with one attached hydrogen (secondary N) is 2. The zero-order valence-corrected chi connectivity index (χ0v) is 19.3. The third kappa shape index (κ3) is 4.02. The molecule has 2 N–H and O–H groups in total. The minimum atomic E-state index is -4.34. The summed E-state index contributed by atoms with van der Waals surface area (Å²) >= 11 is 0. The maximum Gasteiger partial charge on any atom is 0.408 e. The number of anilines is 2. The first-order valence-corrected chi connectivity index (χ1v) is 12.2. The van der Waals surface area contributed by atoms with Crippen molar-refractivity contribution in [2.45, 2.75) is 50.4 Å². The Kier molecular flexibility index (Phi) is 5.41. The molecule has 2 aromatic heterocycles. The smallest absolute Gasteiger partial charge is 0.381 e. The normalized spacial score (nSPS) is 25.9. The Hall–Kier alpha value is -2.85. The van der Waals surface area contributed by atoms with E-state index in [2.05, 4.69) is 10.3 Å². The van der Waals surface area contributed by atoms with Gasteiger partial charge in [-0.3, -0.25) is 14.4 Å². The summed E-state index contributed by atoms with van der Waals surface area (Å²) in [5, 5.41) is 8.38. The van der Waals surface area contributed by atoms with Gasteiger partial charge >= 0.3 is 6.18 Å². The molecule has 10 heteroatoms. The van der Waals surface area contributed by atoms with Gasteiger partial charge < -0.3 is 15.0 Å². The molecule has 3 aliphatic rings. The summed E-state index contributed by atoms with van der Waals surface area (Å²) in [4.78, 5) is 16.9. The van der Waals surface area contributed by atoms with E-state index in [1.54, 1.807) is 18.3 Å². The molecule has 1 aliphatic carbocycles. The summed E-state index contributed by atoms with van der Waals surface area (Å²) in [6.45, 7) is 2.38. The van der Waals surface area contributed by atoms with Crippen LogP contribution in [-0.2, 0) is 4.74 Å². The first-order chi connectivity index (χ1) is 16.9. The fourth-order valence-corrected chi connectivity index (χ4v) is 5.89. The number of benzene rings is 1. The topological polar surface area (TPSA) is 75.2 Å². The molecule has 3 aromatic rings. The van der Waals surface area contributed by atoms with Gasteiger partial charge in [-0.2, -0.15) is 18.3 Å². The highest BCUT2D eigenvalue weighted by Crippen LogP contribution is 2.61. The first-order valence-electron chi connectivity index (χ1n) is 12.2. The van der Waals surface area contributed by atoms with E-state index in [4.69, 9.17) is 9.84 Å². The number of aromatic amines is 1. The number of nitrogens with zero attached hydrogens (tertiary/aromatic N) is 3. The molecule has 35 heavy (non-hydrogen) atoms. The van der Waals surface area contributed by atoms with Crippen molar-refractivity contribution in [3.05, 3.63) is 52.4 Å². The van der Waals surface area contributed by atoms with Crippen molar-refractivity contribution in [1.82, 2.24) is 19.7 Å². The number of H-pyrrole nitrogens is 1. The van der Waals surface area contributed by atoms with Crippen LogP contribution in [0.5, 0.6) is 0 Å². The number of hydrogen-bond acceptors (Lipinski definition) is 5. The van der Waals surface area contributed by atoms with E-state index in [1.165, 1.54) is 17.0 Å². The standard InChI is InChI=1S/C25H28F3N5O2/c26-25(27,28)21(32-11-1-2-12-32)16-4-6-17(7-5-16)30-22-20-18(8-10-29-23(20)34)33(31-22)19-14-24(19)9-3-13-35-15-24/h4-8,10,19,21H,1-3,9,11-15H2,(H,29,34)(H,30,31). The highest BCUT2D eigenvalue weighted by Gasteiger charge is 2.57. The Labute approximate surface area is 200 Å². The van der Waals surface area contributed by atoms with Gasteiger partial charge in [0.15, 0.2) is 5.82 Å². The highest BCUT2D eigenvalue weighted by molar-refractivity contribution is 5.91. The predicted octanol–water partition coefficient (Wildman–Crippen LogP) is 4.91. The van der Waals surface area contributed by atoms with Crippen LogP contribution < -0.4 is 10.9 Å². The van der Waals surface area contributed by atoms with Crippen LogP contribution in [0.4, 0.5) is 24.7 Å². The minimum Gasteiger partial charge on any atom is -0.381 e. The van der Waals surface area contributed by atoms with Crippen LogP contribution in [-0.4, -0.2) is 52.1 Å². The van der Waals surface area contributed by atoms with Gasteiger partial charge in [-0.15, -0.1) is 0 Å². The minimum absolute atomic E-state index is 0.0703. The van der Waals surface area contributed by atoms with Crippen LogP contribution in [0.3, 0.4) is 0 Å². The highest BCUT2D eigenvalue weighted by atomic mass is 19.4. The van der Waals surface area contributed by atoms with Crippen molar-refractivity contribution >= 4 is 22.4 Å². The number of rotatable bonds is 5. The number of ether oxygens (including phenoxy) is 1. The van der Waals surface area contributed by atoms with E-state index >= 15 is 0 Å². The zero-order valence-electron chi connectivity index (χ0n) is 19.3. The molecule has 0 radical (unpaired) electrons. The summed E-state index contributed by atoms with van der Waals surface area (Å²) < 4.78 is 49.2. The van der Waals surface area contributed by atoms with Gasteiger partial charge in [-0.05, 0) is 69.0 Å². The van der Waals surface area contributed by atoms with Crippen molar-refractivity contribution in [2.75, 3.05) is 31.6 Å². The second kappa shape index (κ2) is 8.37. The van der Waals surface area contributed by atoms with Crippen molar-refractivity contribution in [3.63, 3.8) is 0 Å². The number of fused-ring (bicyclic) bond motifs is 1. The molecule has 1 aromatic carbocycles. The van der Waals surface area contributed by atoms with Crippen LogP contribution in [0.15, 0.2) is 41.3 Å². The Morgan fingerprint density at radius 1 is 1.14 bits per heavy atom. The molecule has 6 rings (SSSR count). The first kappa shape index (κ1) is 22.6. The molecule has 2 saturated heterocycles. The fourth-order valence-electron chi connectivity index (χ4n) is 5.89. The molecule has 3 fully saturated rings. The number of hydrogen-bond donors (Lipinski definition) is 2. The van der Waals surface area contributed by atoms with Crippen molar-refractivity contribution in [3.8, 4) is 0 Å². The lowest BCUT2D eigenvalue weighted by atomic mass is 9.98. The summed E-state index contributed by atoms with van der Waals surface area (Å²) in [6.07, 6.45) is 1.89. The third-order valence-electron chi connectivity index (χ3n) is 7.73. The Bertz CT molecular complexity index is 1270. The summed E-state index contributed by atoms with van der Waals surface area (Å²) in [5.74, 6) is 0.403. The lowest BCUT2D eigenvalue weighted by Gasteiger charge is -2.29. The van der Waals surface area contributed by atoms with Gasteiger partial charge in [-0.1, -0.05) is 12.1 Å². The number of aromatic nitrogens is 3. The molecule has 3 unspecified atom stereocenters. The molecule has 7 nitrogen and oxygen atoms in total. The van der Waals surface area contributed by atoms with E-state index in [0.717, 1.165) is 44.2 Å². The molecule has 1 spiro atoms. The molecule has 186 valence electrons. The summed E-state index contributed by atoms with van der Waals surface area (Å²) in [5.41, 5.74) is 1.36. The van der Waals surface area contributed by atoms with Gasteiger partial charge in [-0.25, -0.2) is 0 Å². The van der Waals surface area contributed by atoms with Crippen LogP contribution in [0.2, 0.25) is 0 Å². The van der Waals surface area contributed by atoms with Crippen molar-refractivity contribution in [1.29, 1.82) is 0 Å². The van der Waals surface area contributed by atoms with E-state index in [9.17, 15) is 18.0 Å². The lowest BCUT2D eigenvalue weighted by molar-refractivity contribution is -0.183. The van der Waals surface area contributed by atoms with E-state index in [-0.39, 0.29) is 22.6 Å². The monoisotopic (exact) mass is 487 g/mol. The molecule has 1 saturated carbocycles. The lowest BCUT2D eigenvalue weighted by Crippen LogP contribution is -2.36. The Balaban J connectivity index is 1.30. The molecule has 0 amide bonds. The van der Waals surface area contributed by atoms with E-state index in [1.807, 2.05) is 10.7 Å². The third-order valence-corrected chi connectivity index (χ3v) is 7.73. The summed E-state index contributed by atoms with van der Waals surface area (Å²) in [6, 6.07) is 6.68. The molecule has 3 atom stereocenters. The van der Waals surface area contributed by atoms with E-state index < -0.39 is 12.2 Å². The Morgan fingerprint density at radius 2 is 1.91 bits per heavy atom. The number of likely N-dealkylation sites (tertiary alicyclic amines) is 1. The van der Waals surface area contributed by atoms with Crippen LogP contribution in [0.1, 0.15) is 49.8 Å². The molecular formula is C25H28F3N5O2. The van der Waals surface area contributed by atoms with Gasteiger partial charge in [0.1, 0.15) is 11.4 Å². The molecule has 0 bridgehead atoms.